The SMILES string of the molecule is CN1CCC(N2CCC(CNC(=O)c3cc(I)cc(I)c3O)CC2)CC1. The van der Waals surface area contributed by atoms with Crippen LogP contribution in [0.3, 0.4) is 0 Å². The molecule has 0 bridgehead atoms. The summed E-state index contributed by atoms with van der Waals surface area (Å²) in [7, 11) is 2.21. The van der Waals surface area contributed by atoms with Gasteiger partial charge in [-0.3, -0.25) is 4.79 Å². The molecule has 1 aromatic carbocycles. The molecular weight excluding hydrogens is 556 g/mol. The largest absolute Gasteiger partial charge is 0.506 e. The predicted molar refractivity (Wildman–Crippen MR) is 121 cm³/mol. The molecule has 2 fully saturated rings. The van der Waals surface area contributed by atoms with Crippen LogP contribution in [0.5, 0.6) is 5.75 Å². The van der Waals surface area contributed by atoms with Gasteiger partial charge in [0.1, 0.15) is 5.75 Å². The number of halogens is 2. The molecule has 0 saturated carbocycles. The summed E-state index contributed by atoms with van der Waals surface area (Å²) in [5, 5.41) is 13.2. The summed E-state index contributed by atoms with van der Waals surface area (Å²) in [5.41, 5.74) is 0.380. The van der Waals surface area contributed by atoms with Gasteiger partial charge in [0.25, 0.3) is 5.91 Å². The minimum absolute atomic E-state index is 0.0839. The van der Waals surface area contributed by atoms with Crippen molar-refractivity contribution in [3.05, 3.63) is 24.8 Å². The molecule has 3 rings (SSSR count). The van der Waals surface area contributed by atoms with Crippen LogP contribution >= 0.6 is 45.2 Å². The Bertz CT molecular complexity index is 640. The highest BCUT2D eigenvalue weighted by atomic mass is 127. The molecule has 2 N–H and O–H groups in total. The lowest BCUT2D eigenvalue weighted by atomic mass is 9.93. The molecule has 26 heavy (non-hydrogen) atoms. The average molecular weight is 583 g/mol. The smallest absolute Gasteiger partial charge is 0.255 e. The third-order valence-corrected chi connectivity index (χ3v) is 7.12. The number of phenolic OH excluding ortho intramolecular Hbond substituents is 1. The number of carbonyl (C=O) groups excluding carboxylic acids is 1. The van der Waals surface area contributed by atoms with Crippen LogP contribution in [0.2, 0.25) is 0 Å². The van der Waals surface area contributed by atoms with E-state index in [1.165, 1.54) is 25.9 Å². The van der Waals surface area contributed by atoms with Crippen molar-refractivity contribution in [3.63, 3.8) is 0 Å². The molecule has 7 heteroatoms. The topological polar surface area (TPSA) is 55.8 Å². The molecule has 0 spiro atoms. The molecule has 2 heterocycles. The van der Waals surface area contributed by atoms with Crippen molar-refractivity contribution < 1.29 is 9.90 Å². The number of hydrogen-bond acceptors (Lipinski definition) is 4. The maximum Gasteiger partial charge on any atom is 0.255 e. The van der Waals surface area contributed by atoms with Crippen LogP contribution < -0.4 is 5.32 Å². The van der Waals surface area contributed by atoms with Gasteiger partial charge in [0.05, 0.1) is 9.13 Å². The Morgan fingerprint density at radius 1 is 1.15 bits per heavy atom. The first kappa shape index (κ1) is 20.6. The van der Waals surface area contributed by atoms with Crippen molar-refractivity contribution in [2.24, 2.45) is 5.92 Å². The number of amides is 1. The zero-order valence-electron chi connectivity index (χ0n) is 15.2. The first-order chi connectivity index (χ1) is 12.4. The van der Waals surface area contributed by atoms with Gasteiger partial charge >= 0.3 is 0 Å². The van der Waals surface area contributed by atoms with Crippen LogP contribution in [-0.4, -0.2) is 66.6 Å². The van der Waals surface area contributed by atoms with Crippen molar-refractivity contribution >= 4 is 51.1 Å². The molecule has 5 nitrogen and oxygen atoms in total. The first-order valence-corrected chi connectivity index (χ1v) is 11.5. The number of hydrogen-bond donors (Lipinski definition) is 2. The lowest BCUT2D eigenvalue weighted by Crippen LogP contribution is -2.47. The summed E-state index contributed by atoms with van der Waals surface area (Å²) in [5.74, 6) is 0.447. The van der Waals surface area contributed by atoms with E-state index in [9.17, 15) is 9.90 Å². The molecule has 1 amide bonds. The molecule has 2 saturated heterocycles. The molecule has 1 aromatic rings. The second kappa shape index (κ2) is 9.38. The van der Waals surface area contributed by atoms with E-state index in [1.54, 1.807) is 6.07 Å². The molecule has 2 aliphatic heterocycles. The Hall–Kier alpha value is -0.130. The maximum atomic E-state index is 12.5. The minimum Gasteiger partial charge on any atom is -0.506 e. The Morgan fingerprint density at radius 3 is 2.46 bits per heavy atom. The highest BCUT2D eigenvalue weighted by Gasteiger charge is 2.27. The number of aromatic hydroxyl groups is 1. The van der Waals surface area contributed by atoms with Crippen LogP contribution in [-0.2, 0) is 0 Å². The van der Waals surface area contributed by atoms with E-state index >= 15 is 0 Å². The third-order valence-electron chi connectivity index (χ3n) is 5.68. The fraction of sp³-hybridized carbons (Fsp3) is 0.632. The van der Waals surface area contributed by atoms with E-state index in [-0.39, 0.29) is 11.7 Å². The highest BCUT2D eigenvalue weighted by molar-refractivity contribution is 14.1. The number of carbonyl (C=O) groups is 1. The fourth-order valence-electron chi connectivity index (χ4n) is 3.95. The lowest BCUT2D eigenvalue weighted by molar-refractivity contribution is 0.0812. The molecular formula is C19H27I2N3O2. The second-order valence-corrected chi connectivity index (χ2v) is 9.92. The maximum absolute atomic E-state index is 12.5. The van der Waals surface area contributed by atoms with Gasteiger partial charge in [-0.2, -0.15) is 0 Å². The van der Waals surface area contributed by atoms with Crippen LogP contribution in [0, 0.1) is 13.1 Å². The molecule has 0 aliphatic carbocycles. The summed E-state index contributed by atoms with van der Waals surface area (Å²) >= 11 is 4.23. The van der Waals surface area contributed by atoms with E-state index in [0.29, 0.717) is 21.6 Å². The molecule has 2 aliphatic rings. The van der Waals surface area contributed by atoms with Gasteiger partial charge in [-0.15, -0.1) is 0 Å². The van der Waals surface area contributed by atoms with E-state index in [1.807, 2.05) is 6.07 Å². The van der Waals surface area contributed by atoms with Gasteiger partial charge in [0.2, 0.25) is 0 Å². The number of rotatable bonds is 4. The molecule has 0 atom stereocenters. The third kappa shape index (κ3) is 5.23. The van der Waals surface area contributed by atoms with Gasteiger partial charge < -0.3 is 20.2 Å². The van der Waals surface area contributed by atoms with E-state index in [2.05, 4.69) is 67.3 Å². The average Bonchev–Trinajstić information content (AvgIpc) is 2.64. The summed E-state index contributed by atoms with van der Waals surface area (Å²) in [6, 6.07) is 4.36. The Labute approximate surface area is 183 Å². The molecule has 0 radical (unpaired) electrons. The Kier molecular flexibility index (Phi) is 7.43. The normalized spacial score (nSPS) is 21.0. The van der Waals surface area contributed by atoms with E-state index in [4.69, 9.17) is 0 Å². The van der Waals surface area contributed by atoms with Crippen LogP contribution in [0.25, 0.3) is 0 Å². The van der Waals surface area contributed by atoms with Crippen molar-refractivity contribution in [1.82, 2.24) is 15.1 Å². The van der Waals surface area contributed by atoms with Gasteiger partial charge in [0, 0.05) is 16.2 Å². The van der Waals surface area contributed by atoms with E-state index in [0.717, 1.165) is 35.5 Å². The van der Waals surface area contributed by atoms with Gasteiger partial charge in [-0.25, -0.2) is 0 Å². The predicted octanol–water partition coefficient (Wildman–Crippen LogP) is 3.14. The number of likely N-dealkylation sites (tertiary alicyclic amines) is 2. The number of benzene rings is 1. The summed E-state index contributed by atoms with van der Waals surface area (Å²) in [6.45, 7) is 5.39. The Morgan fingerprint density at radius 2 is 1.81 bits per heavy atom. The zero-order chi connectivity index (χ0) is 18.7. The Balaban J connectivity index is 1.46. The van der Waals surface area contributed by atoms with Gasteiger partial charge in [-0.05, 0) is 122 Å². The van der Waals surface area contributed by atoms with Crippen molar-refractivity contribution in [1.29, 1.82) is 0 Å². The van der Waals surface area contributed by atoms with Crippen molar-refractivity contribution in [3.8, 4) is 5.75 Å². The zero-order valence-corrected chi connectivity index (χ0v) is 19.5. The van der Waals surface area contributed by atoms with Crippen molar-refractivity contribution in [2.45, 2.75) is 31.7 Å². The molecule has 0 aromatic heterocycles. The van der Waals surface area contributed by atoms with Crippen LogP contribution in [0.15, 0.2) is 12.1 Å². The fourth-order valence-corrected chi connectivity index (χ4v) is 5.80. The standard InChI is InChI=1S/C19H27I2N3O2/c1-23-6-4-15(5-7-23)24-8-2-13(3-9-24)12-22-19(26)16-10-14(20)11-17(21)18(16)25/h10-11,13,15,25H,2-9,12H2,1H3,(H,22,26). The monoisotopic (exact) mass is 583 g/mol. The van der Waals surface area contributed by atoms with Crippen LogP contribution in [0.1, 0.15) is 36.0 Å². The van der Waals surface area contributed by atoms with Crippen molar-refractivity contribution in [2.75, 3.05) is 39.8 Å². The lowest BCUT2D eigenvalue weighted by Gasteiger charge is -2.41. The van der Waals surface area contributed by atoms with Crippen LogP contribution in [0.4, 0.5) is 0 Å². The number of nitrogens with zero attached hydrogens (tertiary/aromatic N) is 2. The van der Waals surface area contributed by atoms with E-state index < -0.39 is 0 Å². The quantitative estimate of drug-likeness (QED) is 0.536. The minimum atomic E-state index is -0.170. The van der Waals surface area contributed by atoms with Gasteiger partial charge in [-0.1, -0.05) is 0 Å². The molecule has 0 unspecified atom stereocenters. The second-order valence-electron chi connectivity index (χ2n) is 7.51. The molecule has 144 valence electrons. The highest BCUT2D eigenvalue weighted by Crippen LogP contribution is 2.27. The summed E-state index contributed by atoms with van der Waals surface area (Å²) in [4.78, 5) is 17.5. The first-order valence-electron chi connectivity index (χ1n) is 9.33. The number of piperidine rings is 2. The number of phenols is 1. The summed E-state index contributed by atoms with van der Waals surface area (Å²) < 4.78 is 1.67. The van der Waals surface area contributed by atoms with Gasteiger partial charge in [0.15, 0.2) is 0 Å². The summed E-state index contributed by atoms with van der Waals surface area (Å²) in [6.07, 6.45) is 4.84. The number of nitrogens with one attached hydrogen (secondary N) is 1.